The number of fused-ring (bicyclic) bond motifs is 1. The van der Waals surface area contributed by atoms with Crippen molar-refractivity contribution in [2.24, 2.45) is 0 Å². The highest BCUT2D eigenvalue weighted by Crippen LogP contribution is 2.41. The zero-order valence-corrected chi connectivity index (χ0v) is 8.75. The summed E-state index contributed by atoms with van der Waals surface area (Å²) >= 11 is 0. The molecule has 0 amide bonds. The highest BCUT2D eigenvalue weighted by Gasteiger charge is 2.37. The highest BCUT2D eigenvalue weighted by atomic mass is 16.5. The minimum absolute atomic E-state index is 0.198. The van der Waals surface area contributed by atoms with Gasteiger partial charge in [-0.3, -0.25) is 0 Å². The number of hydrogen-bond acceptors (Lipinski definition) is 3. The van der Waals surface area contributed by atoms with Gasteiger partial charge in [-0.05, 0) is 25.0 Å². The number of nitrogen functional groups attached to an aromatic ring is 1. The van der Waals surface area contributed by atoms with E-state index in [1.807, 2.05) is 18.2 Å². The number of nitrogens with one attached hydrogen (secondary N) is 1. The summed E-state index contributed by atoms with van der Waals surface area (Å²) in [5.74, 6) is 0.896. The van der Waals surface area contributed by atoms with E-state index in [-0.39, 0.29) is 5.54 Å². The Hall–Kier alpha value is -1.38. The van der Waals surface area contributed by atoms with Crippen LogP contribution in [0.4, 0.5) is 11.4 Å². The predicted molar refractivity (Wildman–Crippen MR) is 61.2 cm³/mol. The van der Waals surface area contributed by atoms with Crippen LogP contribution in [0.15, 0.2) is 18.2 Å². The number of rotatable bonds is 0. The number of anilines is 2. The predicted octanol–water partition coefficient (Wildman–Crippen LogP) is 2.39. The summed E-state index contributed by atoms with van der Waals surface area (Å²) in [7, 11) is 0. The van der Waals surface area contributed by atoms with E-state index in [9.17, 15) is 0 Å². The topological polar surface area (TPSA) is 47.3 Å². The first-order valence-electron chi connectivity index (χ1n) is 5.58. The average molecular weight is 204 g/mol. The molecule has 0 unspecified atom stereocenters. The molecule has 15 heavy (non-hydrogen) atoms. The first-order valence-corrected chi connectivity index (χ1v) is 5.58. The third kappa shape index (κ3) is 1.42. The normalized spacial score (nSPS) is 21.9. The van der Waals surface area contributed by atoms with Crippen molar-refractivity contribution in [3.8, 4) is 5.75 Å². The van der Waals surface area contributed by atoms with E-state index in [0.717, 1.165) is 23.7 Å². The molecule has 1 heterocycles. The number of ether oxygens (including phenoxy) is 1. The number of benzene rings is 1. The summed E-state index contributed by atoms with van der Waals surface area (Å²) in [6.45, 7) is 0.781. The Kier molecular flexibility index (Phi) is 1.81. The molecule has 2 aliphatic rings. The van der Waals surface area contributed by atoms with Gasteiger partial charge in [-0.2, -0.15) is 0 Å². The molecule has 3 N–H and O–H groups in total. The van der Waals surface area contributed by atoms with Gasteiger partial charge in [-0.1, -0.05) is 12.8 Å². The maximum atomic E-state index is 5.80. The van der Waals surface area contributed by atoms with Gasteiger partial charge in [-0.15, -0.1) is 0 Å². The van der Waals surface area contributed by atoms with Gasteiger partial charge in [0.05, 0.1) is 11.2 Å². The lowest BCUT2D eigenvalue weighted by Gasteiger charge is -2.36. The second kappa shape index (κ2) is 3.05. The molecule has 1 aliphatic heterocycles. The molecule has 80 valence electrons. The van der Waals surface area contributed by atoms with Crippen LogP contribution in [-0.2, 0) is 0 Å². The molecular weight excluding hydrogens is 188 g/mol. The van der Waals surface area contributed by atoms with Crippen molar-refractivity contribution in [3.63, 3.8) is 0 Å². The molecule has 3 heteroatoms. The van der Waals surface area contributed by atoms with Crippen LogP contribution in [0.1, 0.15) is 25.7 Å². The Morgan fingerprint density at radius 3 is 2.87 bits per heavy atom. The van der Waals surface area contributed by atoms with E-state index < -0.39 is 0 Å². The average Bonchev–Trinajstić information content (AvgIpc) is 2.67. The summed E-state index contributed by atoms with van der Waals surface area (Å²) < 4.78 is 5.80. The molecule has 1 spiro atoms. The van der Waals surface area contributed by atoms with E-state index >= 15 is 0 Å². The molecule has 0 saturated heterocycles. The fourth-order valence-corrected chi connectivity index (χ4v) is 2.62. The standard InChI is InChI=1S/C12H16N2O/c13-9-3-4-10-11(7-9)15-8-12(14-10)5-1-2-6-12/h3-4,7,14H,1-2,5-6,8,13H2. The van der Waals surface area contributed by atoms with E-state index in [1.54, 1.807) is 0 Å². The molecule has 1 aliphatic carbocycles. The van der Waals surface area contributed by atoms with Gasteiger partial charge in [0.1, 0.15) is 12.4 Å². The molecule has 3 nitrogen and oxygen atoms in total. The SMILES string of the molecule is Nc1ccc2c(c1)OCC1(CCCC1)N2. The van der Waals surface area contributed by atoms with Crippen LogP contribution < -0.4 is 15.8 Å². The monoisotopic (exact) mass is 204 g/mol. The highest BCUT2D eigenvalue weighted by molar-refractivity contribution is 5.64. The lowest BCUT2D eigenvalue weighted by molar-refractivity contribution is 0.221. The van der Waals surface area contributed by atoms with Gasteiger partial charge in [-0.25, -0.2) is 0 Å². The minimum atomic E-state index is 0.198. The van der Waals surface area contributed by atoms with Crippen molar-refractivity contribution in [2.45, 2.75) is 31.2 Å². The second-order valence-corrected chi connectivity index (χ2v) is 4.66. The Morgan fingerprint density at radius 2 is 2.07 bits per heavy atom. The summed E-state index contributed by atoms with van der Waals surface area (Å²) in [5, 5.41) is 3.62. The van der Waals surface area contributed by atoms with Gasteiger partial charge in [0.2, 0.25) is 0 Å². The first-order chi connectivity index (χ1) is 7.27. The fourth-order valence-electron chi connectivity index (χ4n) is 2.62. The Balaban J connectivity index is 1.93. The van der Waals surface area contributed by atoms with E-state index in [4.69, 9.17) is 10.5 Å². The van der Waals surface area contributed by atoms with E-state index in [2.05, 4.69) is 5.32 Å². The summed E-state index contributed by atoms with van der Waals surface area (Å²) in [5.41, 5.74) is 7.77. The molecule has 0 radical (unpaired) electrons. The van der Waals surface area contributed by atoms with Crippen LogP contribution >= 0.6 is 0 Å². The molecule has 3 rings (SSSR count). The molecule has 1 aromatic rings. The molecule has 0 aromatic heterocycles. The molecule has 1 aromatic carbocycles. The lowest BCUT2D eigenvalue weighted by Crippen LogP contribution is -2.44. The molecular formula is C12H16N2O. The smallest absolute Gasteiger partial charge is 0.144 e. The van der Waals surface area contributed by atoms with E-state index in [1.165, 1.54) is 25.7 Å². The van der Waals surface area contributed by atoms with Crippen LogP contribution in [0.25, 0.3) is 0 Å². The van der Waals surface area contributed by atoms with Crippen LogP contribution in [0.2, 0.25) is 0 Å². The van der Waals surface area contributed by atoms with Gasteiger partial charge in [0, 0.05) is 11.8 Å². The Bertz CT molecular complexity index is 383. The minimum Gasteiger partial charge on any atom is -0.489 e. The largest absolute Gasteiger partial charge is 0.489 e. The van der Waals surface area contributed by atoms with Gasteiger partial charge in [0.15, 0.2) is 0 Å². The van der Waals surface area contributed by atoms with Crippen molar-refractivity contribution >= 4 is 11.4 Å². The Labute approximate surface area is 89.6 Å². The van der Waals surface area contributed by atoms with Crippen molar-refractivity contribution in [1.29, 1.82) is 0 Å². The number of nitrogens with two attached hydrogens (primary N) is 1. The lowest BCUT2D eigenvalue weighted by atomic mass is 9.96. The zero-order chi connectivity index (χ0) is 10.3. The maximum Gasteiger partial charge on any atom is 0.144 e. The van der Waals surface area contributed by atoms with Crippen molar-refractivity contribution in [2.75, 3.05) is 17.7 Å². The van der Waals surface area contributed by atoms with Crippen LogP contribution in [-0.4, -0.2) is 12.1 Å². The maximum absolute atomic E-state index is 5.80. The molecule has 0 bridgehead atoms. The summed E-state index contributed by atoms with van der Waals surface area (Å²) in [6, 6.07) is 5.83. The summed E-state index contributed by atoms with van der Waals surface area (Å²) in [4.78, 5) is 0. The number of hydrogen-bond donors (Lipinski definition) is 2. The van der Waals surface area contributed by atoms with Crippen molar-refractivity contribution < 1.29 is 4.74 Å². The fraction of sp³-hybridized carbons (Fsp3) is 0.500. The van der Waals surface area contributed by atoms with Crippen LogP contribution in [0, 0.1) is 0 Å². The Morgan fingerprint density at radius 1 is 1.27 bits per heavy atom. The zero-order valence-electron chi connectivity index (χ0n) is 8.75. The first kappa shape index (κ1) is 8.89. The molecule has 1 fully saturated rings. The van der Waals surface area contributed by atoms with Crippen LogP contribution in [0.5, 0.6) is 5.75 Å². The third-order valence-corrected chi connectivity index (χ3v) is 3.47. The summed E-state index contributed by atoms with van der Waals surface area (Å²) in [6.07, 6.45) is 5.05. The van der Waals surface area contributed by atoms with E-state index in [0.29, 0.717) is 0 Å². The van der Waals surface area contributed by atoms with Crippen LogP contribution in [0.3, 0.4) is 0 Å². The molecule has 0 atom stereocenters. The quantitative estimate of drug-likeness (QED) is 0.638. The van der Waals surface area contributed by atoms with Gasteiger partial charge >= 0.3 is 0 Å². The van der Waals surface area contributed by atoms with Crippen molar-refractivity contribution in [3.05, 3.63) is 18.2 Å². The molecule has 1 saturated carbocycles. The van der Waals surface area contributed by atoms with Crippen molar-refractivity contribution in [1.82, 2.24) is 0 Å². The third-order valence-electron chi connectivity index (χ3n) is 3.47. The van der Waals surface area contributed by atoms with Gasteiger partial charge in [0.25, 0.3) is 0 Å². The second-order valence-electron chi connectivity index (χ2n) is 4.66. The van der Waals surface area contributed by atoms with Gasteiger partial charge < -0.3 is 15.8 Å².